The quantitative estimate of drug-likeness (QED) is 0.677. The fourth-order valence-electron chi connectivity index (χ4n) is 2.46. The Bertz CT molecular complexity index is 874. The van der Waals surface area contributed by atoms with Gasteiger partial charge in [0.1, 0.15) is 5.75 Å². The first-order valence-electron chi connectivity index (χ1n) is 8.36. The molecule has 0 saturated carbocycles. The van der Waals surface area contributed by atoms with Gasteiger partial charge in [-0.3, -0.25) is 9.59 Å². The molecule has 26 heavy (non-hydrogen) atoms. The molecule has 4 heteroatoms. The number of carbonyl (C=O) groups excluding carboxylic acids is 2. The number of benzene rings is 3. The van der Waals surface area contributed by atoms with Crippen LogP contribution >= 0.6 is 0 Å². The third-order valence-corrected chi connectivity index (χ3v) is 3.88. The summed E-state index contributed by atoms with van der Waals surface area (Å²) in [7, 11) is 0. The lowest BCUT2D eigenvalue weighted by Crippen LogP contribution is -2.30. The van der Waals surface area contributed by atoms with Gasteiger partial charge in [0.25, 0.3) is 5.91 Å². The van der Waals surface area contributed by atoms with E-state index in [1.165, 1.54) is 0 Å². The molecule has 0 aliphatic heterocycles. The van der Waals surface area contributed by atoms with Gasteiger partial charge in [-0.15, -0.1) is 0 Å². The molecule has 0 aliphatic rings. The van der Waals surface area contributed by atoms with Crippen molar-refractivity contribution in [1.29, 1.82) is 0 Å². The van der Waals surface area contributed by atoms with Crippen molar-refractivity contribution in [3.63, 3.8) is 0 Å². The maximum Gasteiger partial charge on any atom is 0.265 e. The Kier molecular flexibility index (Phi) is 5.44. The Balaban J connectivity index is 1.62. The van der Waals surface area contributed by atoms with Crippen LogP contribution in [-0.2, 0) is 4.79 Å². The molecule has 3 aromatic carbocycles. The van der Waals surface area contributed by atoms with Gasteiger partial charge in [-0.1, -0.05) is 48.5 Å². The third-order valence-electron chi connectivity index (χ3n) is 3.88. The smallest absolute Gasteiger partial charge is 0.265 e. The molecule has 1 atom stereocenters. The molecule has 0 aliphatic carbocycles. The van der Waals surface area contributed by atoms with E-state index < -0.39 is 6.10 Å². The van der Waals surface area contributed by atoms with E-state index in [1.54, 1.807) is 55.5 Å². The van der Waals surface area contributed by atoms with Crippen molar-refractivity contribution in [1.82, 2.24) is 0 Å². The number of anilines is 1. The number of para-hydroxylation sites is 1. The number of hydrogen-bond acceptors (Lipinski definition) is 3. The second-order valence-electron chi connectivity index (χ2n) is 5.83. The van der Waals surface area contributed by atoms with Gasteiger partial charge in [0.05, 0.1) is 0 Å². The molecule has 0 heterocycles. The molecule has 1 N–H and O–H groups in total. The summed E-state index contributed by atoms with van der Waals surface area (Å²) in [5.74, 6) is 0.333. The van der Waals surface area contributed by atoms with Crippen molar-refractivity contribution in [3.05, 3.63) is 96.1 Å². The highest BCUT2D eigenvalue weighted by atomic mass is 16.5. The highest BCUT2D eigenvalue weighted by Crippen LogP contribution is 2.15. The average molecular weight is 345 g/mol. The van der Waals surface area contributed by atoms with E-state index in [-0.39, 0.29) is 11.7 Å². The summed E-state index contributed by atoms with van der Waals surface area (Å²) in [4.78, 5) is 24.6. The van der Waals surface area contributed by atoms with Crippen molar-refractivity contribution in [2.45, 2.75) is 13.0 Å². The summed E-state index contributed by atoms with van der Waals surface area (Å²) >= 11 is 0. The molecule has 0 radical (unpaired) electrons. The lowest BCUT2D eigenvalue weighted by Gasteiger charge is -2.14. The number of amides is 1. The van der Waals surface area contributed by atoms with Crippen LogP contribution in [0.1, 0.15) is 22.8 Å². The van der Waals surface area contributed by atoms with Crippen molar-refractivity contribution in [2.75, 3.05) is 5.32 Å². The molecular formula is C22H19NO3. The van der Waals surface area contributed by atoms with Gasteiger partial charge in [0.2, 0.25) is 0 Å². The van der Waals surface area contributed by atoms with Crippen LogP contribution < -0.4 is 10.1 Å². The number of rotatable bonds is 6. The van der Waals surface area contributed by atoms with Crippen LogP contribution in [0.3, 0.4) is 0 Å². The summed E-state index contributed by atoms with van der Waals surface area (Å²) in [5, 5.41) is 2.79. The second-order valence-corrected chi connectivity index (χ2v) is 5.83. The zero-order valence-electron chi connectivity index (χ0n) is 14.4. The van der Waals surface area contributed by atoms with Crippen LogP contribution in [0.5, 0.6) is 5.75 Å². The molecular weight excluding hydrogens is 326 g/mol. The molecule has 0 aromatic heterocycles. The SMILES string of the molecule is C[C@H](Oc1ccccc1)C(=O)Nc1ccc(C(=O)c2ccccc2)cc1. The second kappa shape index (κ2) is 8.12. The van der Waals surface area contributed by atoms with Crippen molar-refractivity contribution in [2.24, 2.45) is 0 Å². The van der Waals surface area contributed by atoms with Crippen LogP contribution in [0.2, 0.25) is 0 Å². The van der Waals surface area contributed by atoms with Gasteiger partial charge in [-0.05, 0) is 43.3 Å². The highest BCUT2D eigenvalue weighted by Gasteiger charge is 2.15. The Hall–Kier alpha value is -3.40. The maximum absolute atomic E-state index is 12.4. The monoisotopic (exact) mass is 345 g/mol. The summed E-state index contributed by atoms with van der Waals surface area (Å²) in [6.07, 6.45) is -0.636. The van der Waals surface area contributed by atoms with Crippen LogP contribution in [0.25, 0.3) is 0 Å². The fourth-order valence-corrected chi connectivity index (χ4v) is 2.46. The Morgan fingerprint density at radius 1 is 0.769 bits per heavy atom. The molecule has 1 amide bonds. The van der Waals surface area contributed by atoms with Crippen molar-refractivity contribution < 1.29 is 14.3 Å². The maximum atomic E-state index is 12.4. The summed E-state index contributed by atoms with van der Waals surface area (Å²) in [6.45, 7) is 1.69. The van der Waals surface area contributed by atoms with Crippen LogP contribution in [0.4, 0.5) is 5.69 Å². The number of hydrogen-bond donors (Lipinski definition) is 1. The summed E-state index contributed by atoms with van der Waals surface area (Å²) < 4.78 is 5.60. The lowest BCUT2D eigenvalue weighted by atomic mass is 10.0. The van der Waals surface area contributed by atoms with Gasteiger partial charge in [-0.25, -0.2) is 0 Å². The van der Waals surface area contributed by atoms with Gasteiger partial charge in [-0.2, -0.15) is 0 Å². The van der Waals surface area contributed by atoms with Gasteiger partial charge in [0.15, 0.2) is 11.9 Å². The predicted octanol–water partition coefficient (Wildman–Crippen LogP) is 4.32. The molecule has 0 bridgehead atoms. The lowest BCUT2D eigenvalue weighted by molar-refractivity contribution is -0.122. The number of ketones is 1. The van der Waals surface area contributed by atoms with Crippen LogP contribution in [0, 0.1) is 0 Å². The van der Waals surface area contributed by atoms with Gasteiger partial charge < -0.3 is 10.1 Å². The van der Waals surface area contributed by atoms with E-state index in [4.69, 9.17) is 4.74 Å². The van der Waals surface area contributed by atoms with Crippen molar-refractivity contribution in [3.8, 4) is 5.75 Å². The van der Waals surface area contributed by atoms with E-state index in [0.717, 1.165) is 0 Å². The largest absolute Gasteiger partial charge is 0.481 e. The molecule has 0 saturated heterocycles. The molecule has 4 nitrogen and oxygen atoms in total. The van der Waals surface area contributed by atoms with Crippen molar-refractivity contribution >= 4 is 17.4 Å². The standard InChI is InChI=1S/C22H19NO3/c1-16(26-20-10-6-3-7-11-20)22(25)23-19-14-12-18(13-15-19)21(24)17-8-4-2-5-9-17/h2-16H,1H3,(H,23,25)/t16-/m0/s1. The Labute approximate surface area is 152 Å². The van der Waals surface area contributed by atoms with Crippen LogP contribution in [-0.4, -0.2) is 17.8 Å². The van der Waals surface area contributed by atoms with E-state index in [9.17, 15) is 9.59 Å². The summed E-state index contributed by atoms with van der Waals surface area (Å²) in [6, 6.07) is 25.1. The number of ether oxygens (including phenoxy) is 1. The number of nitrogens with one attached hydrogen (secondary N) is 1. The topological polar surface area (TPSA) is 55.4 Å². The molecule has 0 spiro atoms. The zero-order valence-corrected chi connectivity index (χ0v) is 14.4. The third kappa shape index (κ3) is 4.36. The highest BCUT2D eigenvalue weighted by molar-refractivity contribution is 6.09. The fraction of sp³-hybridized carbons (Fsp3) is 0.0909. The first-order valence-corrected chi connectivity index (χ1v) is 8.36. The number of carbonyl (C=O) groups is 2. The first-order chi connectivity index (χ1) is 12.6. The van der Waals surface area contributed by atoms with Gasteiger partial charge in [0, 0.05) is 16.8 Å². The minimum Gasteiger partial charge on any atom is -0.481 e. The van der Waals surface area contributed by atoms with Gasteiger partial charge >= 0.3 is 0 Å². The summed E-state index contributed by atoms with van der Waals surface area (Å²) in [5.41, 5.74) is 1.82. The average Bonchev–Trinajstić information content (AvgIpc) is 2.69. The molecule has 3 rings (SSSR count). The van der Waals surface area contributed by atoms with E-state index in [1.807, 2.05) is 36.4 Å². The van der Waals surface area contributed by atoms with E-state index in [0.29, 0.717) is 22.6 Å². The minimum atomic E-state index is -0.636. The van der Waals surface area contributed by atoms with Crippen LogP contribution in [0.15, 0.2) is 84.9 Å². The zero-order chi connectivity index (χ0) is 18.4. The Morgan fingerprint density at radius 3 is 1.92 bits per heavy atom. The molecule has 3 aromatic rings. The molecule has 0 unspecified atom stereocenters. The van der Waals surface area contributed by atoms with E-state index >= 15 is 0 Å². The predicted molar refractivity (Wildman–Crippen MR) is 101 cm³/mol. The first kappa shape index (κ1) is 17.4. The minimum absolute atomic E-state index is 0.0516. The normalized spacial score (nSPS) is 11.4. The van der Waals surface area contributed by atoms with E-state index in [2.05, 4.69) is 5.32 Å². The Morgan fingerprint density at radius 2 is 1.31 bits per heavy atom. The molecule has 0 fully saturated rings. The molecule has 130 valence electrons.